The molecule has 0 aliphatic heterocycles. The maximum absolute atomic E-state index is 10.9. The van der Waals surface area contributed by atoms with Crippen LogP contribution >= 0.6 is 0 Å². The Bertz CT molecular complexity index is 247. The van der Waals surface area contributed by atoms with Gasteiger partial charge in [-0.25, -0.2) is 0 Å². The summed E-state index contributed by atoms with van der Waals surface area (Å²) < 4.78 is 4.75. The van der Waals surface area contributed by atoms with Gasteiger partial charge in [-0.1, -0.05) is 5.16 Å². The van der Waals surface area contributed by atoms with Crippen LogP contribution in [-0.2, 0) is 11.2 Å². The van der Waals surface area contributed by atoms with E-state index in [9.17, 15) is 4.79 Å². The molecule has 1 aromatic heterocycles. The Morgan fingerprint density at radius 2 is 2.54 bits per heavy atom. The van der Waals surface area contributed by atoms with E-state index in [2.05, 4.69) is 20.8 Å². The van der Waals surface area contributed by atoms with Crippen LogP contribution < -0.4 is 10.6 Å². The number of nitrogens with zero attached hydrogens (tertiary/aromatic N) is 2. The molecule has 0 spiro atoms. The minimum atomic E-state index is -0.0398. The van der Waals surface area contributed by atoms with Gasteiger partial charge in [0.25, 0.3) is 0 Å². The van der Waals surface area contributed by atoms with Gasteiger partial charge in [0.15, 0.2) is 6.33 Å². The molecular formula is C7H12N4O2. The van der Waals surface area contributed by atoms with E-state index in [-0.39, 0.29) is 5.91 Å². The van der Waals surface area contributed by atoms with Crippen LogP contribution in [0.25, 0.3) is 0 Å². The third-order valence-electron chi connectivity index (χ3n) is 1.41. The van der Waals surface area contributed by atoms with Gasteiger partial charge >= 0.3 is 0 Å². The van der Waals surface area contributed by atoms with Gasteiger partial charge in [0.2, 0.25) is 11.8 Å². The Balaban J connectivity index is 2.11. The third kappa shape index (κ3) is 3.66. The fourth-order valence-electron chi connectivity index (χ4n) is 0.838. The highest BCUT2D eigenvalue weighted by molar-refractivity contribution is 5.77. The van der Waals surface area contributed by atoms with Crippen molar-refractivity contribution in [2.24, 2.45) is 0 Å². The van der Waals surface area contributed by atoms with E-state index in [4.69, 9.17) is 4.52 Å². The molecule has 6 nitrogen and oxygen atoms in total. The van der Waals surface area contributed by atoms with E-state index in [0.717, 1.165) is 0 Å². The van der Waals surface area contributed by atoms with Crippen LogP contribution in [0.4, 0.5) is 0 Å². The topological polar surface area (TPSA) is 80.0 Å². The highest BCUT2D eigenvalue weighted by Crippen LogP contribution is 1.89. The molecule has 1 aromatic rings. The molecule has 0 aliphatic rings. The number of hydrogen-bond acceptors (Lipinski definition) is 5. The van der Waals surface area contributed by atoms with Crippen LogP contribution in [0.5, 0.6) is 0 Å². The Hall–Kier alpha value is -1.43. The number of carbonyl (C=O) groups is 1. The molecule has 0 aromatic carbocycles. The predicted molar refractivity (Wildman–Crippen MR) is 44.9 cm³/mol. The summed E-state index contributed by atoms with van der Waals surface area (Å²) in [6.07, 6.45) is 1.90. The molecule has 72 valence electrons. The first-order chi connectivity index (χ1) is 6.33. The second-order valence-corrected chi connectivity index (χ2v) is 2.47. The van der Waals surface area contributed by atoms with E-state index in [1.807, 2.05) is 0 Å². The standard InChI is InChI=1S/C7H12N4O2/c1-8-4-6(12)9-3-2-7-10-5-11-13-7/h5,8H,2-4H2,1H3,(H,9,12). The van der Waals surface area contributed by atoms with Crippen molar-refractivity contribution in [2.75, 3.05) is 20.1 Å². The van der Waals surface area contributed by atoms with Gasteiger partial charge in [-0.05, 0) is 7.05 Å². The van der Waals surface area contributed by atoms with E-state index in [1.54, 1.807) is 7.05 Å². The molecule has 13 heavy (non-hydrogen) atoms. The fourth-order valence-corrected chi connectivity index (χ4v) is 0.838. The van der Waals surface area contributed by atoms with Gasteiger partial charge in [0.05, 0.1) is 6.54 Å². The van der Waals surface area contributed by atoms with Gasteiger partial charge in [0, 0.05) is 13.0 Å². The first-order valence-corrected chi connectivity index (χ1v) is 4.00. The normalized spacial score (nSPS) is 9.92. The van der Waals surface area contributed by atoms with Crippen molar-refractivity contribution in [1.29, 1.82) is 0 Å². The number of carbonyl (C=O) groups excluding carboxylic acids is 1. The van der Waals surface area contributed by atoms with Crippen molar-refractivity contribution < 1.29 is 9.32 Å². The van der Waals surface area contributed by atoms with Crippen LogP contribution in [0.1, 0.15) is 5.89 Å². The molecule has 0 saturated carbocycles. The largest absolute Gasteiger partial charge is 0.354 e. The summed E-state index contributed by atoms with van der Waals surface area (Å²) in [5, 5.41) is 8.89. The zero-order valence-electron chi connectivity index (χ0n) is 7.41. The fraction of sp³-hybridized carbons (Fsp3) is 0.571. The van der Waals surface area contributed by atoms with Crippen molar-refractivity contribution in [1.82, 2.24) is 20.8 Å². The van der Waals surface area contributed by atoms with E-state index < -0.39 is 0 Å². The van der Waals surface area contributed by atoms with Crippen LogP contribution in [0.3, 0.4) is 0 Å². The van der Waals surface area contributed by atoms with E-state index in [1.165, 1.54) is 6.33 Å². The monoisotopic (exact) mass is 184 g/mol. The molecule has 1 heterocycles. The lowest BCUT2D eigenvalue weighted by atomic mass is 10.4. The molecule has 0 fully saturated rings. The quantitative estimate of drug-likeness (QED) is 0.610. The number of hydrogen-bond donors (Lipinski definition) is 2. The molecule has 2 N–H and O–H groups in total. The summed E-state index contributed by atoms with van der Waals surface area (Å²) in [6.45, 7) is 0.840. The summed E-state index contributed by atoms with van der Waals surface area (Å²) in [4.78, 5) is 14.7. The maximum atomic E-state index is 10.9. The Labute approximate surface area is 75.7 Å². The zero-order chi connectivity index (χ0) is 9.52. The number of nitrogens with one attached hydrogen (secondary N) is 2. The van der Waals surface area contributed by atoms with Crippen molar-refractivity contribution in [3.8, 4) is 0 Å². The molecule has 0 radical (unpaired) electrons. The number of amides is 1. The van der Waals surface area contributed by atoms with Crippen LogP contribution in [0.15, 0.2) is 10.9 Å². The SMILES string of the molecule is CNCC(=O)NCCc1ncno1. The molecule has 0 saturated heterocycles. The minimum absolute atomic E-state index is 0.0398. The van der Waals surface area contributed by atoms with Crippen molar-refractivity contribution >= 4 is 5.91 Å². The maximum Gasteiger partial charge on any atom is 0.233 e. The van der Waals surface area contributed by atoms with Crippen LogP contribution in [-0.4, -0.2) is 36.2 Å². The highest BCUT2D eigenvalue weighted by Gasteiger charge is 2.01. The van der Waals surface area contributed by atoms with Gasteiger partial charge in [-0.15, -0.1) is 0 Å². The van der Waals surface area contributed by atoms with Gasteiger partial charge < -0.3 is 15.2 Å². The van der Waals surface area contributed by atoms with Crippen LogP contribution in [0.2, 0.25) is 0 Å². The zero-order valence-corrected chi connectivity index (χ0v) is 7.41. The van der Waals surface area contributed by atoms with Crippen molar-refractivity contribution in [3.63, 3.8) is 0 Å². The molecule has 0 atom stereocenters. The second kappa shape index (κ2) is 5.26. The summed E-state index contributed by atoms with van der Waals surface area (Å²) >= 11 is 0. The first kappa shape index (κ1) is 9.66. The number of likely N-dealkylation sites (N-methyl/N-ethyl adjacent to an activating group) is 1. The average Bonchev–Trinajstić information content (AvgIpc) is 2.57. The molecule has 0 bridgehead atoms. The molecular weight excluding hydrogens is 172 g/mol. The van der Waals surface area contributed by atoms with E-state index in [0.29, 0.717) is 25.4 Å². The first-order valence-electron chi connectivity index (χ1n) is 4.00. The number of aromatic nitrogens is 2. The molecule has 0 unspecified atom stereocenters. The van der Waals surface area contributed by atoms with Crippen LogP contribution in [0, 0.1) is 0 Å². The minimum Gasteiger partial charge on any atom is -0.354 e. The average molecular weight is 184 g/mol. The van der Waals surface area contributed by atoms with Crippen molar-refractivity contribution in [2.45, 2.75) is 6.42 Å². The summed E-state index contributed by atoms with van der Waals surface area (Å²) in [7, 11) is 1.72. The summed E-state index contributed by atoms with van der Waals surface area (Å²) in [6, 6.07) is 0. The highest BCUT2D eigenvalue weighted by atomic mass is 16.5. The van der Waals surface area contributed by atoms with Gasteiger partial charge in [0.1, 0.15) is 0 Å². The summed E-state index contributed by atoms with van der Waals surface area (Å²) in [5.41, 5.74) is 0. The molecule has 6 heteroatoms. The Morgan fingerprint density at radius 3 is 3.15 bits per heavy atom. The molecule has 1 amide bonds. The lowest BCUT2D eigenvalue weighted by Gasteiger charge is -2.01. The van der Waals surface area contributed by atoms with Gasteiger partial charge in [-0.2, -0.15) is 4.98 Å². The summed E-state index contributed by atoms with van der Waals surface area (Å²) in [5.74, 6) is 0.492. The molecule has 0 aliphatic carbocycles. The lowest BCUT2D eigenvalue weighted by Crippen LogP contribution is -2.33. The second-order valence-electron chi connectivity index (χ2n) is 2.47. The third-order valence-corrected chi connectivity index (χ3v) is 1.41. The van der Waals surface area contributed by atoms with E-state index >= 15 is 0 Å². The Morgan fingerprint density at radius 1 is 1.69 bits per heavy atom. The lowest BCUT2D eigenvalue weighted by molar-refractivity contribution is -0.120. The van der Waals surface area contributed by atoms with Crippen molar-refractivity contribution in [3.05, 3.63) is 12.2 Å². The predicted octanol–water partition coefficient (Wildman–Crippen LogP) is -1.05. The number of rotatable bonds is 5. The smallest absolute Gasteiger partial charge is 0.233 e. The Kier molecular flexibility index (Phi) is 3.90. The molecule has 1 rings (SSSR count). The van der Waals surface area contributed by atoms with Gasteiger partial charge in [-0.3, -0.25) is 4.79 Å².